The van der Waals surface area contributed by atoms with Crippen LogP contribution in [-0.4, -0.2) is 36.7 Å². The van der Waals surface area contributed by atoms with Gasteiger partial charge in [-0.3, -0.25) is 5.43 Å². The Labute approximate surface area is 212 Å². The SMILES string of the molecule is CCN(CC)c1ccc2nc3ccc(=NNc4ccc(N(C)C)cc4)cc-3n(-c3ccccc3)c2c1. The van der Waals surface area contributed by atoms with Crippen LogP contribution in [0.1, 0.15) is 13.8 Å². The van der Waals surface area contributed by atoms with Crippen molar-refractivity contribution < 1.29 is 0 Å². The Hall–Kier alpha value is -4.32. The first-order chi connectivity index (χ1) is 17.6. The van der Waals surface area contributed by atoms with E-state index in [0.717, 1.165) is 57.9 Å². The highest BCUT2D eigenvalue weighted by molar-refractivity contribution is 5.86. The van der Waals surface area contributed by atoms with Crippen LogP contribution in [0.4, 0.5) is 17.1 Å². The van der Waals surface area contributed by atoms with Crippen LogP contribution < -0.4 is 20.6 Å². The van der Waals surface area contributed by atoms with Gasteiger partial charge in [0.25, 0.3) is 0 Å². The molecule has 0 saturated heterocycles. The van der Waals surface area contributed by atoms with Crippen molar-refractivity contribution in [2.75, 3.05) is 42.4 Å². The van der Waals surface area contributed by atoms with E-state index in [4.69, 9.17) is 4.98 Å². The number of para-hydroxylation sites is 1. The van der Waals surface area contributed by atoms with Crippen molar-refractivity contribution in [2.45, 2.75) is 13.8 Å². The van der Waals surface area contributed by atoms with Gasteiger partial charge in [-0.15, -0.1) is 0 Å². The Morgan fingerprint density at radius 3 is 2.22 bits per heavy atom. The molecule has 0 fully saturated rings. The van der Waals surface area contributed by atoms with E-state index >= 15 is 0 Å². The van der Waals surface area contributed by atoms with Crippen LogP contribution >= 0.6 is 0 Å². The standard InChI is InChI=1S/C30H32N6/c1-5-35(6-2)26-17-19-28-30(21-26)36(25-10-8-7-9-11-25)29-20-23(14-18-27(29)31-28)33-32-22-12-15-24(16-13-22)34(3)4/h7-21,32H,5-6H2,1-4H3. The average molecular weight is 477 g/mol. The van der Waals surface area contributed by atoms with Crippen LogP contribution in [0.2, 0.25) is 0 Å². The number of fused-ring (bicyclic) bond motifs is 2. The summed E-state index contributed by atoms with van der Waals surface area (Å²) < 4.78 is 2.29. The molecule has 36 heavy (non-hydrogen) atoms. The third-order valence-corrected chi connectivity index (χ3v) is 6.48. The lowest BCUT2D eigenvalue weighted by Crippen LogP contribution is -2.22. The summed E-state index contributed by atoms with van der Waals surface area (Å²) in [5, 5.41) is 5.51. The molecule has 3 aromatic carbocycles. The Morgan fingerprint density at radius 1 is 0.806 bits per heavy atom. The predicted octanol–water partition coefficient (Wildman–Crippen LogP) is 5.97. The van der Waals surface area contributed by atoms with Crippen molar-refractivity contribution in [3.05, 3.63) is 96.4 Å². The van der Waals surface area contributed by atoms with Crippen LogP contribution in [0.25, 0.3) is 28.1 Å². The molecule has 0 aromatic heterocycles. The fourth-order valence-electron chi connectivity index (χ4n) is 4.50. The summed E-state index contributed by atoms with van der Waals surface area (Å²) in [4.78, 5) is 9.43. The largest absolute Gasteiger partial charge is 0.378 e. The highest BCUT2D eigenvalue weighted by Gasteiger charge is 2.15. The molecule has 6 heteroatoms. The van der Waals surface area contributed by atoms with Gasteiger partial charge in [0.05, 0.1) is 33.5 Å². The van der Waals surface area contributed by atoms with Gasteiger partial charge in [0.15, 0.2) is 0 Å². The third-order valence-electron chi connectivity index (χ3n) is 6.48. The molecule has 1 aliphatic heterocycles. The lowest BCUT2D eigenvalue weighted by atomic mass is 10.1. The van der Waals surface area contributed by atoms with Gasteiger partial charge in [-0.1, -0.05) is 18.2 Å². The Balaban J connectivity index is 1.66. The van der Waals surface area contributed by atoms with Gasteiger partial charge in [-0.2, -0.15) is 5.10 Å². The minimum Gasteiger partial charge on any atom is -0.378 e. The second-order valence-corrected chi connectivity index (χ2v) is 8.97. The van der Waals surface area contributed by atoms with Crippen LogP contribution in [0, 0.1) is 0 Å². The fourth-order valence-corrected chi connectivity index (χ4v) is 4.50. The van der Waals surface area contributed by atoms with Crippen molar-refractivity contribution in [3.8, 4) is 17.1 Å². The highest BCUT2D eigenvalue weighted by atomic mass is 15.3. The average Bonchev–Trinajstić information content (AvgIpc) is 2.92. The zero-order chi connectivity index (χ0) is 25.1. The quantitative estimate of drug-likeness (QED) is 0.232. The first-order valence-electron chi connectivity index (χ1n) is 12.4. The van der Waals surface area contributed by atoms with Crippen LogP contribution in [0.15, 0.2) is 96.1 Å². The molecule has 6 nitrogen and oxygen atoms in total. The van der Waals surface area contributed by atoms with Gasteiger partial charge in [0, 0.05) is 44.2 Å². The number of nitrogens with one attached hydrogen (secondary N) is 1. The Morgan fingerprint density at radius 2 is 1.53 bits per heavy atom. The Bertz CT molecular complexity index is 1500. The van der Waals surface area contributed by atoms with Crippen molar-refractivity contribution in [1.29, 1.82) is 0 Å². The van der Waals surface area contributed by atoms with Crippen molar-refractivity contribution >= 4 is 28.1 Å². The monoisotopic (exact) mass is 476 g/mol. The summed E-state index contributed by atoms with van der Waals surface area (Å²) in [7, 11) is 4.07. The molecule has 5 rings (SSSR count). The molecule has 0 radical (unpaired) electrons. The van der Waals surface area contributed by atoms with Gasteiger partial charge in [-0.25, -0.2) is 4.98 Å². The second-order valence-electron chi connectivity index (χ2n) is 8.97. The van der Waals surface area contributed by atoms with E-state index in [-0.39, 0.29) is 0 Å². The molecule has 1 heterocycles. The maximum Gasteiger partial charge on any atom is 0.0879 e. The van der Waals surface area contributed by atoms with Crippen molar-refractivity contribution in [1.82, 2.24) is 9.55 Å². The summed E-state index contributed by atoms with van der Waals surface area (Å²) in [6, 6.07) is 31.4. The summed E-state index contributed by atoms with van der Waals surface area (Å²) in [5.41, 5.74) is 11.6. The fraction of sp³-hybridized carbons (Fsp3) is 0.200. The third kappa shape index (κ3) is 4.62. The first kappa shape index (κ1) is 23.4. The zero-order valence-corrected chi connectivity index (χ0v) is 21.3. The van der Waals surface area contributed by atoms with Gasteiger partial charge in [0.1, 0.15) is 0 Å². The smallest absolute Gasteiger partial charge is 0.0879 e. The second kappa shape index (κ2) is 10.1. The topological polar surface area (TPSA) is 48.7 Å². The van der Waals surface area contributed by atoms with E-state index in [1.165, 1.54) is 5.69 Å². The summed E-state index contributed by atoms with van der Waals surface area (Å²) in [5.74, 6) is 0. The molecule has 0 saturated carbocycles. The maximum atomic E-state index is 5.00. The lowest BCUT2D eigenvalue weighted by Gasteiger charge is -2.24. The first-order valence-corrected chi connectivity index (χ1v) is 12.4. The number of aromatic nitrogens is 2. The van der Waals surface area contributed by atoms with E-state index in [2.05, 4.69) is 99.4 Å². The number of nitrogens with zero attached hydrogens (tertiary/aromatic N) is 5. The number of hydrogen-bond acceptors (Lipinski definition) is 5. The Kier molecular flexibility index (Phi) is 6.58. The van der Waals surface area contributed by atoms with E-state index in [1.54, 1.807) is 0 Å². The predicted molar refractivity (Wildman–Crippen MR) is 151 cm³/mol. The van der Waals surface area contributed by atoms with Gasteiger partial charge < -0.3 is 14.4 Å². The summed E-state index contributed by atoms with van der Waals surface area (Å²) in [6.07, 6.45) is 0. The summed E-state index contributed by atoms with van der Waals surface area (Å²) in [6.45, 7) is 6.29. The lowest BCUT2D eigenvalue weighted by molar-refractivity contribution is 0.866. The van der Waals surface area contributed by atoms with Crippen LogP contribution in [0.5, 0.6) is 0 Å². The molecule has 0 spiro atoms. The molecular formula is C30H32N6. The van der Waals surface area contributed by atoms with E-state index in [0.29, 0.717) is 0 Å². The van der Waals surface area contributed by atoms with Crippen molar-refractivity contribution in [3.63, 3.8) is 0 Å². The van der Waals surface area contributed by atoms with E-state index in [1.807, 2.05) is 44.4 Å². The van der Waals surface area contributed by atoms with Crippen molar-refractivity contribution in [2.24, 2.45) is 5.10 Å². The summed E-state index contributed by atoms with van der Waals surface area (Å²) >= 11 is 0. The van der Waals surface area contributed by atoms with Gasteiger partial charge in [0.2, 0.25) is 0 Å². The normalized spacial score (nSPS) is 11.7. The molecule has 0 bridgehead atoms. The van der Waals surface area contributed by atoms with Gasteiger partial charge >= 0.3 is 0 Å². The molecule has 3 aromatic rings. The molecule has 0 amide bonds. The van der Waals surface area contributed by atoms with E-state index < -0.39 is 0 Å². The minimum absolute atomic E-state index is 0.838. The number of benzene rings is 4. The molecular weight excluding hydrogens is 444 g/mol. The van der Waals surface area contributed by atoms with E-state index in [9.17, 15) is 0 Å². The van der Waals surface area contributed by atoms with Gasteiger partial charge in [-0.05, 0) is 86.6 Å². The highest BCUT2D eigenvalue weighted by Crippen LogP contribution is 2.30. The minimum atomic E-state index is 0.838. The maximum absolute atomic E-state index is 5.00. The number of anilines is 3. The van der Waals surface area contributed by atoms with Crippen LogP contribution in [0.3, 0.4) is 0 Å². The number of hydrogen-bond donors (Lipinski definition) is 1. The molecule has 182 valence electrons. The zero-order valence-electron chi connectivity index (χ0n) is 21.3. The molecule has 2 aliphatic rings. The molecule has 0 unspecified atom stereocenters. The molecule has 1 N–H and O–H groups in total. The molecule has 1 aliphatic carbocycles. The number of rotatable bonds is 7. The molecule has 0 atom stereocenters. The van der Waals surface area contributed by atoms with Crippen LogP contribution in [-0.2, 0) is 0 Å².